The zero-order chi connectivity index (χ0) is 17.9. The van der Waals surface area contributed by atoms with Gasteiger partial charge in [-0.1, -0.05) is 0 Å². The van der Waals surface area contributed by atoms with Crippen LogP contribution in [-0.4, -0.2) is 67.5 Å². The number of likely N-dealkylation sites (tertiary alicyclic amines) is 1. The van der Waals surface area contributed by atoms with Crippen LogP contribution in [0.1, 0.15) is 37.3 Å². The van der Waals surface area contributed by atoms with Gasteiger partial charge in [-0.25, -0.2) is 13.1 Å². The predicted octanol–water partition coefficient (Wildman–Crippen LogP) is 0.312. The standard InChI is InChI=1S/C16H27N5O3S.ClH/c1-25(23,24)19-14-4-8-20(9-5-14)16(22)12-21-10-6-15(18-21)13-3-2-7-17-11-13;/h6,10,13-14,17,19H,2-5,7-9,11-12H2,1H3;1H. The second-order valence-electron chi connectivity index (χ2n) is 7.03. The Morgan fingerprint density at radius 2 is 2.08 bits per heavy atom. The lowest BCUT2D eigenvalue weighted by Gasteiger charge is -2.32. The maximum absolute atomic E-state index is 12.5. The third-order valence-corrected chi connectivity index (χ3v) is 5.66. The van der Waals surface area contributed by atoms with Crippen LogP contribution < -0.4 is 10.0 Å². The number of nitrogens with zero attached hydrogens (tertiary/aromatic N) is 3. The van der Waals surface area contributed by atoms with E-state index in [-0.39, 0.29) is 30.9 Å². The first-order valence-electron chi connectivity index (χ1n) is 8.90. The van der Waals surface area contributed by atoms with Crippen LogP contribution in [0, 0.1) is 0 Å². The third-order valence-electron chi connectivity index (χ3n) is 4.90. The van der Waals surface area contributed by atoms with Crippen molar-refractivity contribution >= 4 is 28.3 Å². The second-order valence-corrected chi connectivity index (χ2v) is 8.81. The van der Waals surface area contributed by atoms with Crippen molar-refractivity contribution in [3.05, 3.63) is 18.0 Å². The van der Waals surface area contributed by atoms with E-state index < -0.39 is 10.0 Å². The van der Waals surface area contributed by atoms with Gasteiger partial charge in [0.2, 0.25) is 15.9 Å². The summed E-state index contributed by atoms with van der Waals surface area (Å²) in [5, 5.41) is 7.95. The summed E-state index contributed by atoms with van der Waals surface area (Å²) in [5.74, 6) is 0.470. The van der Waals surface area contributed by atoms with Crippen LogP contribution in [0.3, 0.4) is 0 Å². The maximum Gasteiger partial charge on any atom is 0.244 e. The Labute approximate surface area is 161 Å². The minimum absolute atomic E-state index is 0. The molecule has 3 rings (SSSR count). The first kappa shape index (κ1) is 21.1. The minimum Gasteiger partial charge on any atom is -0.341 e. The van der Waals surface area contributed by atoms with E-state index in [2.05, 4.69) is 15.1 Å². The van der Waals surface area contributed by atoms with E-state index in [1.165, 1.54) is 6.26 Å². The van der Waals surface area contributed by atoms with E-state index in [9.17, 15) is 13.2 Å². The summed E-state index contributed by atoms with van der Waals surface area (Å²) in [6, 6.07) is 1.93. The first-order chi connectivity index (χ1) is 11.9. The highest BCUT2D eigenvalue weighted by Crippen LogP contribution is 2.21. The highest BCUT2D eigenvalue weighted by molar-refractivity contribution is 7.88. The molecule has 10 heteroatoms. The molecule has 2 fully saturated rings. The molecule has 3 heterocycles. The fraction of sp³-hybridized carbons (Fsp3) is 0.750. The van der Waals surface area contributed by atoms with Gasteiger partial charge in [0.1, 0.15) is 6.54 Å². The van der Waals surface area contributed by atoms with Crippen LogP contribution >= 0.6 is 12.4 Å². The van der Waals surface area contributed by atoms with Crippen molar-refractivity contribution in [2.75, 3.05) is 32.4 Å². The molecule has 26 heavy (non-hydrogen) atoms. The molecule has 0 aromatic carbocycles. The summed E-state index contributed by atoms with van der Waals surface area (Å²) < 4.78 is 26.9. The number of piperidine rings is 2. The molecule has 0 aliphatic carbocycles. The lowest BCUT2D eigenvalue weighted by atomic mass is 9.97. The number of carbonyl (C=O) groups is 1. The Morgan fingerprint density at radius 3 is 2.69 bits per heavy atom. The number of hydrogen-bond donors (Lipinski definition) is 2. The van der Waals surface area contributed by atoms with E-state index in [1.54, 1.807) is 9.58 Å². The number of amides is 1. The summed E-state index contributed by atoms with van der Waals surface area (Å²) in [6.45, 7) is 3.41. The first-order valence-corrected chi connectivity index (χ1v) is 10.8. The Hall–Kier alpha value is -1.16. The number of nitrogens with one attached hydrogen (secondary N) is 2. The maximum atomic E-state index is 12.5. The second kappa shape index (κ2) is 9.16. The Morgan fingerprint density at radius 1 is 1.35 bits per heavy atom. The van der Waals surface area contributed by atoms with Crippen molar-refractivity contribution in [1.29, 1.82) is 0 Å². The van der Waals surface area contributed by atoms with E-state index >= 15 is 0 Å². The molecule has 0 bridgehead atoms. The molecule has 1 aromatic rings. The molecule has 2 N–H and O–H groups in total. The quantitative estimate of drug-likeness (QED) is 0.735. The lowest BCUT2D eigenvalue weighted by Crippen LogP contribution is -2.47. The number of halogens is 1. The molecule has 2 saturated heterocycles. The van der Waals surface area contributed by atoms with Crippen LogP contribution in [-0.2, 0) is 21.4 Å². The van der Waals surface area contributed by atoms with Crippen molar-refractivity contribution in [2.45, 2.75) is 44.2 Å². The molecule has 8 nitrogen and oxygen atoms in total. The Bertz CT molecular complexity index is 694. The summed E-state index contributed by atoms with van der Waals surface area (Å²) in [4.78, 5) is 14.3. The van der Waals surface area contributed by atoms with Crippen molar-refractivity contribution in [2.24, 2.45) is 0 Å². The van der Waals surface area contributed by atoms with Gasteiger partial charge in [-0.3, -0.25) is 9.48 Å². The smallest absolute Gasteiger partial charge is 0.244 e. The topological polar surface area (TPSA) is 96.3 Å². The Kier molecular flexibility index (Phi) is 7.45. The highest BCUT2D eigenvalue weighted by atomic mass is 35.5. The zero-order valence-electron chi connectivity index (χ0n) is 15.1. The highest BCUT2D eigenvalue weighted by Gasteiger charge is 2.25. The van der Waals surface area contributed by atoms with Gasteiger partial charge in [0.25, 0.3) is 0 Å². The van der Waals surface area contributed by atoms with Crippen LogP contribution in [0.5, 0.6) is 0 Å². The van der Waals surface area contributed by atoms with Gasteiger partial charge in [-0.05, 0) is 38.3 Å². The lowest BCUT2D eigenvalue weighted by molar-refractivity contribution is -0.133. The molecular weight excluding hydrogens is 378 g/mol. The molecule has 0 radical (unpaired) electrons. The van der Waals surface area contributed by atoms with Gasteiger partial charge in [0.05, 0.1) is 11.9 Å². The SMILES string of the molecule is CS(=O)(=O)NC1CCN(C(=O)Cn2ccc(C3CCCNC3)n2)CC1.Cl. The number of aromatic nitrogens is 2. The molecule has 1 amide bonds. The van der Waals surface area contributed by atoms with Crippen LogP contribution in [0.2, 0.25) is 0 Å². The molecular formula is C16H28ClN5O3S. The average Bonchev–Trinajstić information content (AvgIpc) is 3.03. The largest absolute Gasteiger partial charge is 0.341 e. The van der Waals surface area contributed by atoms with E-state index in [0.717, 1.165) is 31.6 Å². The molecule has 0 saturated carbocycles. The number of rotatable bonds is 5. The van der Waals surface area contributed by atoms with Crippen LogP contribution in [0.15, 0.2) is 12.3 Å². The van der Waals surface area contributed by atoms with Crippen molar-refractivity contribution in [3.8, 4) is 0 Å². The number of carbonyl (C=O) groups excluding carboxylic acids is 1. The van der Waals surface area contributed by atoms with Gasteiger partial charge in [-0.15, -0.1) is 12.4 Å². The van der Waals surface area contributed by atoms with Crippen LogP contribution in [0.4, 0.5) is 0 Å². The third kappa shape index (κ3) is 5.94. The van der Waals surface area contributed by atoms with Crippen molar-refractivity contribution in [3.63, 3.8) is 0 Å². The van der Waals surface area contributed by atoms with Gasteiger partial charge in [-0.2, -0.15) is 5.10 Å². The summed E-state index contributed by atoms with van der Waals surface area (Å²) >= 11 is 0. The van der Waals surface area contributed by atoms with E-state index in [4.69, 9.17) is 0 Å². The number of hydrogen-bond acceptors (Lipinski definition) is 5. The van der Waals surface area contributed by atoms with Gasteiger partial charge in [0, 0.05) is 37.8 Å². The van der Waals surface area contributed by atoms with Crippen LogP contribution in [0.25, 0.3) is 0 Å². The molecule has 1 aromatic heterocycles. The average molecular weight is 406 g/mol. The fourth-order valence-electron chi connectivity index (χ4n) is 3.58. The van der Waals surface area contributed by atoms with Crippen molar-refractivity contribution in [1.82, 2.24) is 24.7 Å². The zero-order valence-corrected chi connectivity index (χ0v) is 16.7. The van der Waals surface area contributed by atoms with Gasteiger partial charge >= 0.3 is 0 Å². The van der Waals surface area contributed by atoms with E-state index in [0.29, 0.717) is 31.8 Å². The normalized spacial score (nSPS) is 22.0. The molecule has 1 atom stereocenters. The predicted molar refractivity (Wildman–Crippen MR) is 102 cm³/mol. The van der Waals surface area contributed by atoms with Gasteiger partial charge < -0.3 is 10.2 Å². The Balaban J connectivity index is 0.00000243. The number of sulfonamides is 1. The summed E-state index contributed by atoms with van der Waals surface area (Å²) in [5.41, 5.74) is 1.05. The molecule has 148 valence electrons. The van der Waals surface area contributed by atoms with Gasteiger partial charge in [0.15, 0.2) is 0 Å². The molecule has 2 aliphatic rings. The summed E-state index contributed by atoms with van der Waals surface area (Å²) in [6.07, 6.45) is 6.64. The molecule has 2 aliphatic heterocycles. The molecule has 0 spiro atoms. The minimum atomic E-state index is -3.19. The molecule has 1 unspecified atom stereocenters. The monoisotopic (exact) mass is 405 g/mol. The van der Waals surface area contributed by atoms with E-state index in [1.807, 2.05) is 12.3 Å². The fourth-order valence-corrected chi connectivity index (χ4v) is 4.42. The van der Waals surface area contributed by atoms with Crippen molar-refractivity contribution < 1.29 is 13.2 Å². The summed E-state index contributed by atoms with van der Waals surface area (Å²) in [7, 11) is -3.19.